The molecule has 0 atom stereocenters. The summed E-state index contributed by atoms with van der Waals surface area (Å²) in [5.41, 5.74) is 3.03. The topological polar surface area (TPSA) is 41.9 Å². The van der Waals surface area contributed by atoms with E-state index in [1.54, 1.807) is 7.11 Å². The Hall–Kier alpha value is -0.940. The molecule has 1 saturated heterocycles. The van der Waals surface area contributed by atoms with E-state index in [9.17, 15) is 0 Å². The van der Waals surface area contributed by atoms with E-state index in [4.69, 9.17) is 14.6 Å². The number of ether oxygens (including phenoxy) is 2. The Bertz CT molecular complexity index is 640. The first-order valence-electron chi connectivity index (χ1n) is 14.7. The number of morpholine rings is 1. The third-order valence-corrected chi connectivity index (χ3v) is 5.78. The van der Waals surface area contributed by atoms with Crippen molar-refractivity contribution < 1.29 is 14.6 Å². The van der Waals surface area contributed by atoms with Gasteiger partial charge >= 0.3 is 0 Å². The molecule has 38 heavy (non-hydrogen) atoms. The summed E-state index contributed by atoms with van der Waals surface area (Å²) in [6.07, 6.45) is 4.48. The van der Waals surface area contributed by atoms with Gasteiger partial charge in [-0.1, -0.05) is 113 Å². The summed E-state index contributed by atoms with van der Waals surface area (Å²) >= 11 is 0. The predicted octanol–water partition coefficient (Wildman–Crippen LogP) is 8.51. The van der Waals surface area contributed by atoms with E-state index in [0.717, 1.165) is 52.2 Å². The summed E-state index contributed by atoms with van der Waals surface area (Å²) in [4.78, 5) is 2.49. The normalized spacial score (nSPS) is 14.8. The summed E-state index contributed by atoms with van der Waals surface area (Å²) in [5.74, 6) is 0. The summed E-state index contributed by atoms with van der Waals surface area (Å²) in [7, 11) is 1.74. The van der Waals surface area contributed by atoms with Crippen LogP contribution in [0.1, 0.15) is 108 Å². The molecule has 1 aromatic rings. The molecule has 0 aliphatic carbocycles. The van der Waals surface area contributed by atoms with Gasteiger partial charge in [0.2, 0.25) is 0 Å². The van der Waals surface area contributed by atoms with Crippen molar-refractivity contribution in [3.8, 4) is 0 Å². The highest BCUT2D eigenvalue weighted by Gasteiger charge is 2.15. The number of aliphatic hydroxyl groups excluding tert-OH is 1. The molecule has 2 rings (SSSR count). The number of hydrogen-bond acceptors (Lipinski definition) is 4. The van der Waals surface area contributed by atoms with Crippen molar-refractivity contribution in [3.05, 3.63) is 35.9 Å². The SMILES string of the molecule is CC(C)(C)CCN1CCOCC1.CC(C)(C)CCO.CC(C)(C)Cc1ccccc1.COCCC(C)(C)C. The lowest BCUT2D eigenvalue weighted by atomic mass is 9.88. The van der Waals surface area contributed by atoms with Crippen LogP contribution in [-0.2, 0) is 15.9 Å². The predicted molar refractivity (Wildman–Crippen MR) is 168 cm³/mol. The number of aliphatic hydroxyl groups is 1. The molecule has 4 nitrogen and oxygen atoms in total. The Balaban J connectivity index is 0. The monoisotopic (exact) mass is 538 g/mol. The average molecular weight is 538 g/mol. The zero-order chi connectivity index (χ0) is 29.9. The highest BCUT2D eigenvalue weighted by molar-refractivity contribution is 5.15. The molecule has 0 spiro atoms. The molecule has 1 aliphatic rings. The molecule has 0 amide bonds. The molecule has 0 unspecified atom stereocenters. The second-order valence-corrected chi connectivity index (χ2v) is 15.3. The Morgan fingerprint density at radius 2 is 1.18 bits per heavy atom. The maximum atomic E-state index is 8.40. The van der Waals surface area contributed by atoms with E-state index in [2.05, 4.69) is 118 Å². The van der Waals surface area contributed by atoms with E-state index in [1.165, 1.54) is 18.5 Å². The van der Waals surface area contributed by atoms with Crippen LogP contribution in [0.5, 0.6) is 0 Å². The smallest absolute Gasteiger partial charge is 0.0594 e. The van der Waals surface area contributed by atoms with Crippen LogP contribution in [0.4, 0.5) is 0 Å². The molecule has 1 heterocycles. The maximum absolute atomic E-state index is 8.40. The van der Waals surface area contributed by atoms with Gasteiger partial charge in [0, 0.05) is 33.4 Å². The molecule has 1 N–H and O–H groups in total. The second-order valence-electron chi connectivity index (χ2n) is 15.3. The first-order chi connectivity index (χ1) is 17.3. The molecule has 1 aliphatic heterocycles. The lowest BCUT2D eigenvalue weighted by Gasteiger charge is -2.29. The molecular weight excluding hydrogens is 470 g/mol. The number of hydrogen-bond donors (Lipinski definition) is 1. The van der Waals surface area contributed by atoms with Gasteiger partial charge < -0.3 is 14.6 Å². The van der Waals surface area contributed by atoms with Gasteiger partial charge in [-0.2, -0.15) is 0 Å². The summed E-state index contributed by atoms with van der Waals surface area (Å²) < 4.78 is 10.2. The van der Waals surface area contributed by atoms with E-state index in [1.807, 2.05) is 0 Å². The van der Waals surface area contributed by atoms with E-state index in [-0.39, 0.29) is 0 Å². The van der Waals surface area contributed by atoms with Crippen molar-refractivity contribution in [3.63, 3.8) is 0 Å². The van der Waals surface area contributed by atoms with Gasteiger partial charge in [0.1, 0.15) is 0 Å². The lowest BCUT2D eigenvalue weighted by molar-refractivity contribution is 0.0333. The fourth-order valence-corrected chi connectivity index (χ4v) is 3.27. The first-order valence-corrected chi connectivity index (χ1v) is 14.7. The lowest BCUT2D eigenvalue weighted by Crippen LogP contribution is -2.37. The molecule has 0 bridgehead atoms. The van der Waals surface area contributed by atoms with Crippen LogP contribution in [0.2, 0.25) is 0 Å². The third-order valence-electron chi connectivity index (χ3n) is 5.78. The van der Waals surface area contributed by atoms with Crippen LogP contribution >= 0.6 is 0 Å². The van der Waals surface area contributed by atoms with Crippen molar-refractivity contribution >= 4 is 0 Å². The minimum absolute atomic E-state index is 0.300. The maximum Gasteiger partial charge on any atom is 0.0594 e. The number of benzene rings is 1. The quantitative estimate of drug-likeness (QED) is 0.395. The highest BCUT2D eigenvalue weighted by atomic mass is 16.5. The number of nitrogens with zero attached hydrogens (tertiary/aromatic N) is 1. The largest absolute Gasteiger partial charge is 0.396 e. The number of methoxy groups -OCH3 is 1. The van der Waals surface area contributed by atoms with E-state index < -0.39 is 0 Å². The molecule has 4 heteroatoms. The Morgan fingerprint density at radius 1 is 0.711 bits per heavy atom. The summed E-state index contributed by atoms with van der Waals surface area (Å²) in [6, 6.07) is 10.6. The minimum Gasteiger partial charge on any atom is -0.396 e. The standard InChI is InChI=1S/C11H16.C10H21NO.C7H16O.C6H14O/c1-11(2,3)9-10-7-5-4-6-8-10;1-10(2,3)4-5-11-6-8-12-9-7-11;1-7(2,3)5-6-8-4;1-6(2,3)4-5-7/h4-8H,9H2,1-3H3;4-9H2,1-3H3;5-6H2,1-4H3;7H,4-5H2,1-3H3. The molecule has 1 fully saturated rings. The van der Waals surface area contributed by atoms with Crippen molar-refractivity contribution in [1.29, 1.82) is 0 Å². The molecular formula is C34H67NO3. The van der Waals surface area contributed by atoms with Gasteiger partial charge in [0.25, 0.3) is 0 Å². The fourth-order valence-electron chi connectivity index (χ4n) is 3.27. The van der Waals surface area contributed by atoms with Crippen molar-refractivity contribution in [2.75, 3.05) is 53.2 Å². The van der Waals surface area contributed by atoms with Gasteiger partial charge in [-0.3, -0.25) is 4.90 Å². The third kappa shape index (κ3) is 33.1. The van der Waals surface area contributed by atoms with E-state index >= 15 is 0 Å². The van der Waals surface area contributed by atoms with Crippen molar-refractivity contribution in [2.45, 2.75) is 109 Å². The van der Waals surface area contributed by atoms with Gasteiger partial charge in [0.05, 0.1) is 13.2 Å². The molecule has 0 saturated carbocycles. The zero-order valence-corrected chi connectivity index (χ0v) is 27.9. The van der Waals surface area contributed by atoms with Gasteiger partial charge in [-0.25, -0.2) is 0 Å². The Morgan fingerprint density at radius 3 is 1.50 bits per heavy atom. The van der Waals surface area contributed by atoms with Crippen LogP contribution in [0.25, 0.3) is 0 Å². The van der Waals surface area contributed by atoms with Gasteiger partial charge in [0.15, 0.2) is 0 Å². The highest BCUT2D eigenvalue weighted by Crippen LogP contribution is 2.20. The van der Waals surface area contributed by atoms with Crippen molar-refractivity contribution in [2.24, 2.45) is 21.7 Å². The van der Waals surface area contributed by atoms with Crippen LogP contribution < -0.4 is 0 Å². The molecule has 226 valence electrons. The van der Waals surface area contributed by atoms with Crippen molar-refractivity contribution in [1.82, 2.24) is 4.90 Å². The second kappa shape index (κ2) is 20.0. The van der Waals surface area contributed by atoms with E-state index in [0.29, 0.717) is 28.3 Å². The first kappa shape index (κ1) is 39.2. The average Bonchev–Trinajstić information content (AvgIpc) is 2.76. The van der Waals surface area contributed by atoms with Crippen LogP contribution in [0.15, 0.2) is 30.3 Å². The Kier molecular flexibility index (Phi) is 20.6. The molecule has 0 radical (unpaired) electrons. The minimum atomic E-state index is 0.300. The fraction of sp³-hybridized carbons (Fsp3) is 0.824. The van der Waals surface area contributed by atoms with Crippen LogP contribution in [-0.4, -0.2) is 63.2 Å². The molecule has 1 aromatic carbocycles. The Labute approximate surface area is 238 Å². The zero-order valence-electron chi connectivity index (χ0n) is 27.9. The van der Waals surface area contributed by atoms with Gasteiger partial charge in [-0.05, 0) is 59.5 Å². The van der Waals surface area contributed by atoms with Crippen LogP contribution in [0.3, 0.4) is 0 Å². The van der Waals surface area contributed by atoms with Gasteiger partial charge in [-0.15, -0.1) is 0 Å². The summed E-state index contributed by atoms with van der Waals surface area (Å²) in [5, 5.41) is 8.40. The summed E-state index contributed by atoms with van der Waals surface area (Å²) in [6.45, 7) is 33.2. The molecule has 0 aromatic heterocycles. The number of rotatable bonds is 6. The van der Waals surface area contributed by atoms with Crippen LogP contribution in [0, 0.1) is 21.7 Å².